The molecule has 92 valence electrons. The highest BCUT2D eigenvalue weighted by atomic mass is 16.6. The van der Waals surface area contributed by atoms with Gasteiger partial charge in [0.1, 0.15) is 6.10 Å². The van der Waals surface area contributed by atoms with Gasteiger partial charge in [-0.05, 0) is 31.4 Å². The number of hydrogen-bond donors (Lipinski definition) is 2. The van der Waals surface area contributed by atoms with E-state index >= 15 is 0 Å². The number of nitrogens with one attached hydrogen (secondary N) is 1. The van der Waals surface area contributed by atoms with Crippen molar-refractivity contribution < 1.29 is 14.6 Å². The molecule has 1 fully saturated rings. The molecule has 2 atom stereocenters. The van der Waals surface area contributed by atoms with E-state index in [1.807, 2.05) is 18.2 Å². The second-order valence-electron chi connectivity index (χ2n) is 4.29. The van der Waals surface area contributed by atoms with Gasteiger partial charge in [0.05, 0.1) is 6.10 Å². The lowest BCUT2D eigenvalue weighted by molar-refractivity contribution is -0.0165. The standard InChI is InChI=1S/C13H17NO3/c15-11-8-4-5-9-12(11)17-13(16)14-10-6-2-1-3-7-10/h1-3,6-7,11-12,15H,4-5,8-9H2,(H,14,16). The zero-order valence-corrected chi connectivity index (χ0v) is 9.63. The first-order valence-corrected chi connectivity index (χ1v) is 5.96. The topological polar surface area (TPSA) is 58.6 Å². The first-order chi connectivity index (χ1) is 8.25. The number of carbonyl (C=O) groups is 1. The molecule has 1 aromatic rings. The fraction of sp³-hybridized carbons (Fsp3) is 0.462. The van der Waals surface area contributed by atoms with Crippen molar-refractivity contribution in [1.82, 2.24) is 0 Å². The monoisotopic (exact) mass is 235 g/mol. The minimum atomic E-state index is -0.523. The fourth-order valence-corrected chi connectivity index (χ4v) is 2.02. The van der Waals surface area contributed by atoms with E-state index in [0.717, 1.165) is 19.3 Å². The Bertz CT molecular complexity index is 366. The number of ether oxygens (including phenoxy) is 1. The number of benzene rings is 1. The highest BCUT2D eigenvalue weighted by Gasteiger charge is 2.26. The quantitative estimate of drug-likeness (QED) is 0.828. The molecular formula is C13H17NO3. The molecule has 0 spiro atoms. The number of aliphatic hydroxyl groups excluding tert-OH is 1. The van der Waals surface area contributed by atoms with Crippen LogP contribution in [0.15, 0.2) is 30.3 Å². The third-order valence-electron chi connectivity index (χ3n) is 2.95. The van der Waals surface area contributed by atoms with Crippen LogP contribution in [0, 0.1) is 0 Å². The van der Waals surface area contributed by atoms with E-state index in [1.54, 1.807) is 12.1 Å². The molecule has 2 unspecified atom stereocenters. The Morgan fingerprint density at radius 2 is 1.94 bits per heavy atom. The Kier molecular flexibility index (Phi) is 3.98. The minimum absolute atomic E-state index is 0.368. The third kappa shape index (κ3) is 3.46. The zero-order chi connectivity index (χ0) is 12.1. The van der Waals surface area contributed by atoms with Gasteiger partial charge in [-0.25, -0.2) is 4.79 Å². The van der Waals surface area contributed by atoms with Crippen LogP contribution in [-0.4, -0.2) is 23.4 Å². The van der Waals surface area contributed by atoms with Crippen LogP contribution in [0.3, 0.4) is 0 Å². The van der Waals surface area contributed by atoms with Crippen molar-refractivity contribution in [1.29, 1.82) is 0 Å². The predicted octanol–water partition coefficient (Wildman–Crippen LogP) is 2.54. The average Bonchev–Trinajstić information content (AvgIpc) is 2.33. The molecule has 1 aromatic carbocycles. The Hall–Kier alpha value is -1.55. The van der Waals surface area contributed by atoms with Gasteiger partial charge < -0.3 is 9.84 Å². The zero-order valence-electron chi connectivity index (χ0n) is 9.63. The van der Waals surface area contributed by atoms with Gasteiger partial charge in [-0.15, -0.1) is 0 Å². The maximum Gasteiger partial charge on any atom is 0.411 e. The lowest BCUT2D eigenvalue weighted by Crippen LogP contribution is -2.35. The number of amides is 1. The van der Waals surface area contributed by atoms with E-state index in [9.17, 15) is 9.90 Å². The molecule has 1 aliphatic carbocycles. The second kappa shape index (κ2) is 5.68. The second-order valence-corrected chi connectivity index (χ2v) is 4.29. The number of hydrogen-bond acceptors (Lipinski definition) is 3. The van der Waals surface area contributed by atoms with Crippen LogP contribution in [0.2, 0.25) is 0 Å². The summed E-state index contributed by atoms with van der Waals surface area (Å²) >= 11 is 0. The van der Waals surface area contributed by atoms with Gasteiger partial charge in [0, 0.05) is 5.69 Å². The fourth-order valence-electron chi connectivity index (χ4n) is 2.02. The summed E-state index contributed by atoms with van der Waals surface area (Å²) in [5.74, 6) is 0. The normalized spacial score (nSPS) is 24.1. The molecule has 1 amide bonds. The van der Waals surface area contributed by atoms with E-state index in [4.69, 9.17) is 4.74 Å². The minimum Gasteiger partial charge on any atom is -0.443 e. The SMILES string of the molecule is O=C(Nc1ccccc1)OC1CCCCC1O. The van der Waals surface area contributed by atoms with Crippen LogP contribution < -0.4 is 5.32 Å². The molecule has 4 heteroatoms. The van der Waals surface area contributed by atoms with Crippen molar-refractivity contribution in [2.45, 2.75) is 37.9 Å². The van der Waals surface area contributed by atoms with E-state index < -0.39 is 12.2 Å². The Balaban J connectivity index is 1.84. The molecular weight excluding hydrogens is 218 g/mol. The number of carbonyl (C=O) groups excluding carboxylic acids is 1. The van der Waals surface area contributed by atoms with Gasteiger partial charge in [-0.1, -0.05) is 24.6 Å². The Morgan fingerprint density at radius 1 is 1.24 bits per heavy atom. The van der Waals surface area contributed by atoms with E-state index in [1.165, 1.54) is 0 Å². The summed E-state index contributed by atoms with van der Waals surface area (Å²) in [7, 11) is 0. The molecule has 1 saturated carbocycles. The van der Waals surface area contributed by atoms with Crippen molar-refractivity contribution in [3.63, 3.8) is 0 Å². The van der Waals surface area contributed by atoms with Gasteiger partial charge in [-0.2, -0.15) is 0 Å². The summed E-state index contributed by atoms with van der Waals surface area (Å²) in [5.41, 5.74) is 0.697. The smallest absolute Gasteiger partial charge is 0.411 e. The van der Waals surface area contributed by atoms with Crippen LogP contribution in [0.4, 0.5) is 10.5 Å². The predicted molar refractivity (Wildman–Crippen MR) is 64.8 cm³/mol. The molecule has 0 aromatic heterocycles. The molecule has 0 heterocycles. The van der Waals surface area contributed by atoms with Crippen molar-refractivity contribution in [2.75, 3.05) is 5.32 Å². The van der Waals surface area contributed by atoms with Crippen LogP contribution in [-0.2, 0) is 4.74 Å². The molecule has 2 rings (SSSR count). The van der Waals surface area contributed by atoms with Crippen LogP contribution in [0.25, 0.3) is 0 Å². The number of rotatable bonds is 2. The van der Waals surface area contributed by atoms with Gasteiger partial charge in [0.2, 0.25) is 0 Å². The molecule has 0 saturated heterocycles. The highest BCUT2D eigenvalue weighted by molar-refractivity contribution is 5.84. The molecule has 0 aliphatic heterocycles. The lowest BCUT2D eigenvalue weighted by atomic mass is 9.95. The van der Waals surface area contributed by atoms with Crippen LogP contribution in [0.5, 0.6) is 0 Å². The van der Waals surface area contributed by atoms with Crippen molar-refractivity contribution in [3.8, 4) is 0 Å². The summed E-state index contributed by atoms with van der Waals surface area (Å²) in [4.78, 5) is 11.6. The van der Waals surface area contributed by atoms with E-state index in [-0.39, 0.29) is 6.10 Å². The number of aliphatic hydroxyl groups is 1. The summed E-state index contributed by atoms with van der Waals surface area (Å²) in [5, 5.41) is 12.3. The maximum atomic E-state index is 11.6. The van der Waals surface area contributed by atoms with Crippen molar-refractivity contribution >= 4 is 11.8 Å². The van der Waals surface area contributed by atoms with Gasteiger partial charge in [-0.3, -0.25) is 5.32 Å². The summed E-state index contributed by atoms with van der Waals surface area (Å²) in [6.07, 6.45) is 2.06. The molecule has 0 bridgehead atoms. The van der Waals surface area contributed by atoms with E-state index in [2.05, 4.69) is 5.32 Å². The molecule has 1 aliphatic rings. The van der Waals surface area contributed by atoms with Gasteiger partial charge in [0.25, 0.3) is 0 Å². The summed E-state index contributed by atoms with van der Waals surface area (Å²) in [6.45, 7) is 0. The van der Waals surface area contributed by atoms with Crippen LogP contribution >= 0.6 is 0 Å². The summed E-state index contributed by atoms with van der Waals surface area (Å²) < 4.78 is 5.21. The Morgan fingerprint density at radius 3 is 2.65 bits per heavy atom. The van der Waals surface area contributed by atoms with Gasteiger partial charge >= 0.3 is 6.09 Å². The number of anilines is 1. The first-order valence-electron chi connectivity index (χ1n) is 5.96. The first kappa shape index (κ1) is 11.9. The van der Waals surface area contributed by atoms with Gasteiger partial charge in [0.15, 0.2) is 0 Å². The molecule has 2 N–H and O–H groups in total. The third-order valence-corrected chi connectivity index (χ3v) is 2.95. The molecule has 17 heavy (non-hydrogen) atoms. The average molecular weight is 235 g/mol. The Labute approximate surface area is 101 Å². The highest BCUT2D eigenvalue weighted by Crippen LogP contribution is 2.21. The molecule has 0 radical (unpaired) electrons. The van der Waals surface area contributed by atoms with E-state index in [0.29, 0.717) is 12.1 Å². The van der Waals surface area contributed by atoms with Crippen LogP contribution in [0.1, 0.15) is 25.7 Å². The van der Waals surface area contributed by atoms with Crippen molar-refractivity contribution in [2.24, 2.45) is 0 Å². The lowest BCUT2D eigenvalue weighted by Gasteiger charge is -2.27. The van der Waals surface area contributed by atoms with Crippen molar-refractivity contribution in [3.05, 3.63) is 30.3 Å². The summed E-state index contributed by atoms with van der Waals surface area (Å²) in [6, 6.07) is 9.13. The number of para-hydroxylation sites is 1. The largest absolute Gasteiger partial charge is 0.443 e. The molecule has 4 nitrogen and oxygen atoms in total. The maximum absolute atomic E-state index is 11.6.